The lowest BCUT2D eigenvalue weighted by Crippen LogP contribution is -2.29. The topological polar surface area (TPSA) is 62.9 Å². The molecular formula is C15H11ClN2O3S. The van der Waals surface area contributed by atoms with E-state index in [1.54, 1.807) is 36.4 Å². The van der Waals surface area contributed by atoms with Crippen LogP contribution in [-0.4, -0.2) is 29.2 Å². The van der Waals surface area contributed by atoms with Crippen LogP contribution in [0.4, 0.5) is 5.69 Å². The van der Waals surface area contributed by atoms with E-state index in [4.69, 9.17) is 16.0 Å². The van der Waals surface area contributed by atoms with Crippen LogP contribution < -0.4 is 4.90 Å². The smallest absolute Gasteiger partial charge is 0.243 e. The van der Waals surface area contributed by atoms with Gasteiger partial charge in [0.15, 0.2) is 10.9 Å². The number of hydrogen-bond donors (Lipinski definition) is 0. The van der Waals surface area contributed by atoms with Crippen molar-refractivity contribution in [2.45, 2.75) is 0 Å². The Hall–Kier alpha value is -2.05. The first-order valence-electron chi connectivity index (χ1n) is 6.47. The summed E-state index contributed by atoms with van der Waals surface area (Å²) in [5.41, 5.74) is 0.684. The minimum absolute atomic E-state index is 0.0623. The third-order valence-electron chi connectivity index (χ3n) is 3.00. The highest BCUT2D eigenvalue weighted by molar-refractivity contribution is 8.15. The molecule has 1 amide bonds. The Morgan fingerprint density at radius 3 is 2.77 bits per heavy atom. The number of amides is 1. The molecule has 0 saturated carbocycles. The number of thioether (sulfide) groups is 1. The Morgan fingerprint density at radius 2 is 2.09 bits per heavy atom. The number of carbonyl (C=O) groups is 2. The maximum atomic E-state index is 12.0. The van der Waals surface area contributed by atoms with Crippen molar-refractivity contribution in [2.75, 3.05) is 17.2 Å². The summed E-state index contributed by atoms with van der Waals surface area (Å²) >= 11 is 7.16. The van der Waals surface area contributed by atoms with Gasteiger partial charge in [-0.3, -0.25) is 19.5 Å². The van der Waals surface area contributed by atoms with E-state index in [1.807, 2.05) is 0 Å². The van der Waals surface area contributed by atoms with Crippen LogP contribution in [0.15, 0.2) is 52.1 Å². The number of rotatable bonds is 4. The highest BCUT2D eigenvalue weighted by Gasteiger charge is 2.29. The molecule has 3 rings (SSSR count). The first kappa shape index (κ1) is 14.9. The van der Waals surface area contributed by atoms with Gasteiger partial charge in [-0.25, -0.2) is 0 Å². The summed E-state index contributed by atoms with van der Waals surface area (Å²) in [5.74, 6) is 0.262. The summed E-state index contributed by atoms with van der Waals surface area (Å²) in [7, 11) is 0. The van der Waals surface area contributed by atoms with Crippen molar-refractivity contribution >= 4 is 45.9 Å². The largest absolute Gasteiger partial charge is 0.461 e. The Kier molecular flexibility index (Phi) is 4.31. The molecule has 0 bridgehead atoms. The molecule has 2 aromatic rings. The van der Waals surface area contributed by atoms with E-state index in [1.165, 1.54) is 22.9 Å². The van der Waals surface area contributed by atoms with Gasteiger partial charge >= 0.3 is 0 Å². The highest BCUT2D eigenvalue weighted by atomic mass is 35.5. The van der Waals surface area contributed by atoms with Gasteiger partial charge in [-0.1, -0.05) is 23.4 Å². The number of anilines is 1. The van der Waals surface area contributed by atoms with Crippen LogP contribution in [0.3, 0.4) is 0 Å². The normalized spacial score (nSPS) is 16.5. The van der Waals surface area contributed by atoms with E-state index in [0.717, 1.165) is 0 Å². The second-order valence-electron chi connectivity index (χ2n) is 4.49. The zero-order valence-corrected chi connectivity index (χ0v) is 12.9. The van der Waals surface area contributed by atoms with E-state index in [9.17, 15) is 9.59 Å². The van der Waals surface area contributed by atoms with Gasteiger partial charge in [0.25, 0.3) is 0 Å². The minimum atomic E-state index is -0.228. The van der Waals surface area contributed by atoms with Crippen LogP contribution in [0, 0.1) is 0 Å². The molecule has 1 aromatic heterocycles. The fourth-order valence-electron chi connectivity index (χ4n) is 1.98. The monoisotopic (exact) mass is 334 g/mol. The van der Waals surface area contributed by atoms with E-state index in [-0.39, 0.29) is 24.0 Å². The number of ketones is 1. The molecule has 7 heteroatoms. The van der Waals surface area contributed by atoms with Gasteiger partial charge < -0.3 is 4.42 Å². The molecule has 1 aliphatic rings. The van der Waals surface area contributed by atoms with Gasteiger partial charge in [-0.2, -0.15) is 0 Å². The lowest BCUT2D eigenvalue weighted by Gasteiger charge is -2.15. The van der Waals surface area contributed by atoms with Crippen LogP contribution in [0.25, 0.3) is 0 Å². The predicted octanol–water partition coefficient (Wildman–Crippen LogP) is 3.25. The number of benzene rings is 1. The average Bonchev–Trinajstić information content (AvgIpc) is 3.16. The summed E-state index contributed by atoms with van der Waals surface area (Å²) in [4.78, 5) is 29.7. The van der Waals surface area contributed by atoms with Crippen molar-refractivity contribution in [1.29, 1.82) is 0 Å². The second-order valence-corrected chi connectivity index (χ2v) is 5.87. The van der Waals surface area contributed by atoms with Crippen LogP contribution in [0.5, 0.6) is 0 Å². The van der Waals surface area contributed by atoms with E-state index in [0.29, 0.717) is 21.6 Å². The van der Waals surface area contributed by atoms with Crippen LogP contribution in [-0.2, 0) is 4.79 Å². The lowest BCUT2D eigenvalue weighted by atomic mass is 10.3. The van der Waals surface area contributed by atoms with Crippen molar-refractivity contribution in [3.63, 3.8) is 0 Å². The average molecular weight is 335 g/mol. The Labute approximate surface area is 136 Å². The maximum absolute atomic E-state index is 12.0. The van der Waals surface area contributed by atoms with E-state index < -0.39 is 0 Å². The van der Waals surface area contributed by atoms with Crippen molar-refractivity contribution < 1.29 is 14.0 Å². The molecule has 1 fully saturated rings. The minimum Gasteiger partial charge on any atom is -0.461 e. The fourth-order valence-corrected chi connectivity index (χ4v) is 2.98. The molecule has 0 N–H and O–H groups in total. The first-order valence-corrected chi connectivity index (χ1v) is 7.84. The third-order valence-corrected chi connectivity index (χ3v) is 4.22. The molecule has 0 spiro atoms. The quantitative estimate of drug-likeness (QED) is 0.805. The number of furan rings is 1. The maximum Gasteiger partial charge on any atom is 0.243 e. The predicted molar refractivity (Wildman–Crippen MR) is 86.7 cm³/mol. The number of amidine groups is 1. The zero-order chi connectivity index (χ0) is 15.5. The zero-order valence-electron chi connectivity index (χ0n) is 11.4. The summed E-state index contributed by atoms with van der Waals surface area (Å²) in [6, 6.07) is 10.1. The summed E-state index contributed by atoms with van der Waals surface area (Å²) in [6.07, 6.45) is 1.44. The number of halogens is 1. The Balaban J connectivity index is 1.79. The van der Waals surface area contributed by atoms with Crippen molar-refractivity contribution in [1.82, 2.24) is 0 Å². The van der Waals surface area contributed by atoms with E-state index >= 15 is 0 Å². The van der Waals surface area contributed by atoms with Gasteiger partial charge in [0, 0.05) is 5.02 Å². The van der Waals surface area contributed by atoms with E-state index in [2.05, 4.69) is 4.99 Å². The molecule has 2 heterocycles. The molecule has 0 unspecified atom stereocenters. The molecule has 1 aromatic carbocycles. The molecule has 112 valence electrons. The van der Waals surface area contributed by atoms with Crippen LogP contribution in [0.2, 0.25) is 5.02 Å². The number of nitrogens with zero attached hydrogens (tertiary/aromatic N) is 2. The molecule has 1 aliphatic heterocycles. The third kappa shape index (κ3) is 3.08. The number of hydrogen-bond acceptors (Lipinski definition) is 5. The van der Waals surface area contributed by atoms with Gasteiger partial charge in [0.05, 0.1) is 17.7 Å². The van der Waals surface area contributed by atoms with Gasteiger partial charge in [0.2, 0.25) is 11.7 Å². The number of aliphatic imine (C=N–C) groups is 1. The summed E-state index contributed by atoms with van der Waals surface area (Å²) in [5, 5.41) is 1.10. The number of carbonyl (C=O) groups excluding carboxylic acids is 2. The lowest BCUT2D eigenvalue weighted by molar-refractivity contribution is -0.115. The molecule has 22 heavy (non-hydrogen) atoms. The first-order chi connectivity index (χ1) is 10.6. The van der Waals surface area contributed by atoms with Crippen molar-refractivity contribution in [3.8, 4) is 0 Å². The second kappa shape index (κ2) is 6.37. The van der Waals surface area contributed by atoms with Crippen molar-refractivity contribution in [3.05, 3.63) is 53.4 Å². The van der Waals surface area contributed by atoms with Crippen molar-refractivity contribution in [2.24, 2.45) is 4.99 Å². The molecule has 5 nitrogen and oxygen atoms in total. The Morgan fingerprint density at radius 1 is 1.32 bits per heavy atom. The van der Waals surface area contributed by atoms with Gasteiger partial charge in [-0.05, 0) is 36.4 Å². The molecular weight excluding hydrogens is 324 g/mol. The summed E-state index contributed by atoms with van der Waals surface area (Å²) < 4.78 is 5.04. The molecule has 0 radical (unpaired) electrons. The van der Waals surface area contributed by atoms with Gasteiger partial charge in [0.1, 0.15) is 6.54 Å². The molecule has 0 atom stereocenters. The van der Waals surface area contributed by atoms with Gasteiger partial charge in [-0.15, -0.1) is 0 Å². The Bertz CT molecular complexity index is 726. The number of Topliss-reactive ketones (excluding diaryl/α,β-unsaturated/α-hetero) is 1. The van der Waals surface area contributed by atoms with Crippen LogP contribution in [0.1, 0.15) is 10.6 Å². The summed E-state index contributed by atoms with van der Waals surface area (Å²) in [6.45, 7) is -0.0623. The van der Waals surface area contributed by atoms with Crippen LogP contribution >= 0.6 is 23.4 Å². The standard InChI is InChI=1S/C15H11ClN2O3S/c16-10-3-5-11(6-4-10)18-14(20)9-22-15(18)17-8-12(19)13-2-1-7-21-13/h1-7H,8-9H2. The molecule has 0 aliphatic carbocycles. The highest BCUT2D eigenvalue weighted by Crippen LogP contribution is 2.27. The fraction of sp³-hybridized carbons (Fsp3) is 0.133. The SMILES string of the molecule is O=C(CN=C1SCC(=O)N1c1ccc(Cl)cc1)c1ccco1. The molecule has 1 saturated heterocycles.